The van der Waals surface area contributed by atoms with Gasteiger partial charge in [0.1, 0.15) is 10.6 Å². The lowest BCUT2D eigenvalue weighted by Gasteiger charge is -2.12. The molecule has 2 aromatic heterocycles. The first-order chi connectivity index (χ1) is 11.6. The van der Waals surface area contributed by atoms with Gasteiger partial charge in [-0.2, -0.15) is 0 Å². The van der Waals surface area contributed by atoms with Crippen LogP contribution in [0.15, 0.2) is 72.1 Å². The minimum absolute atomic E-state index is 0.128. The Morgan fingerprint density at radius 2 is 1.75 bits per heavy atom. The third kappa shape index (κ3) is 3.44. The van der Waals surface area contributed by atoms with Crippen LogP contribution < -0.4 is 4.74 Å². The summed E-state index contributed by atoms with van der Waals surface area (Å²) >= 11 is 0. The molecule has 0 aliphatic carbocycles. The molecule has 1 aromatic carbocycles. The van der Waals surface area contributed by atoms with Crippen LogP contribution >= 0.6 is 0 Å². The zero-order valence-electron chi connectivity index (χ0n) is 13.1. The van der Waals surface area contributed by atoms with Crippen LogP contribution in [0.2, 0.25) is 0 Å². The summed E-state index contributed by atoms with van der Waals surface area (Å²) in [7, 11) is -2.10. The topological polar surface area (TPSA) is 69.2 Å². The van der Waals surface area contributed by atoms with E-state index >= 15 is 0 Å². The van der Waals surface area contributed by atoms with Crippen LogP contribution in [-0.4, -0.2) is 25.5 Å². The van der Waals surface area contributed by atoms with Gasteiger partial charge >= 0.3 is 0 Å². The number of methoxy groups -OCH3 is 1. The van der Waals surface area contributed by atoms with Gasteiger partial charge in [0, 0.05) is 24.8 Å². The van der Waals surface area contributed by atoms with E-state index in [1.54, 1.807) is 49.1 Å². The van der Waals surface area contributed by atoms with Gasteiger partial charge in [-0.05, 0) is 47.0 Å². The molecule has 6 heteroatoms. The predicted octanol–water partition coefficient (Wildman–Crippen LogP) is 3.13. The summed E-state index contributed by atoms with van der Waals surface area (Å²) in [5, 5.41) is 0. The molecule has 0 bridgehead atoms. The van der Waals surface area contributed by atoms with Crippen LogP contribution in [0.25, 0.3) is 11.1 Å². The molecule has 0 saturated carbocycles. The monoisotopic (exact) mass is 340 g/mol. The summed E-state index contributed by atoms with van der Waals surface area (Å²) in [5.74, 6) is 0.202. The minimum atomic E-state index is -3.57. The largest absolute Gasteiger partial charge is 0.495 e. The number of pyridine rings is 2. The average molecular weight is 340 g/mol. The molecule has 0 unspecified atom stereocenters. The molecule has 24 heavy (non-hydrogen) atoms. The Kier molecular flexibility index (Phi) is 4.57. The van der Waals surface area contributed by atoms with Gasteiger partial charge in [0.15, 0.2) is 9.84 Å². The van der Waals surface area contributed by atoms with Crippen molar-refractivity contribution in [1.29, 1.82) is 0 Å². The average Bonchev–Trinajstić information content (AvgIpc) is 2.62. The first-order valence-corrected chi connectivity index (χ1v) is 8.95. The number of hydrogen-bond acceptors (Lipinski definition) is 5. The van der Waals surface area contributed by atoms with Crippen molar-refractivity contribution in [2.24, 2.45) is 0 Å². The molecule has 0 fully saturated rings. The second-order valence-electron chi connectivity index (χ2n) is 5.22. The van der Waals surface area contributed by atoms with Gasteiger partial charge in [0.25, 0.3) is 0 Å². The van der Waals surface area contributed by atoms with Crippen LogP contribution in [0.5, 0.6) is 5.75 Å². The molecular weight excluding hydrogens is 324 g/mol. The number of hydrogen-bond donors (Lipinski definition) is 0. The van der Waals surface area contributed by atoms with Crippen molar-refractivity contribution in [2.45, 2.75) is 10.6 Å². The highest BCUT2D eigenvalue weighted by Crippen LogP contribution is 2.31. The van der Waals surface area contributed by atoms with E-state index in [0.29, 0.717) is 11.3 Å². The third-order valence-corrected chi connectivity index (χ3v) is 5.29. The van der Waals surface area contributed by atoms with Crippen LogP contribution in [0.4, 0.5) is 0 Å². The summed E-state index contributed by atoms with van der Waals surface area (Å²) in [6, 6.07) is 12.3. The molecule has 122 valence electrons. The molecule has 0 amide bonds. The fourth-order valence-electron chi connectivity index (χ4n) is 2.42. The lowest BCUT2D eigenvalue weighted by atomic mass is 10.1. The van der Waals surface area contributed by atoms with E-state index in [1.165, 1.54) is 7.11 Å². The first-order valence-electron chi connectivity index (χ1n) is 7.30. The van der Waals surface area contributed by atoms with Crippen LogP contribution in [0.1, 0.15) is 5.56 Å². The summed E-state index contributed by atoms with van der Waals surface area (Å²) in [4.78, 5) is 8.12. The normalized spacial score (nSPS) is 11.2. The lowest BCUT2D eigenvalue weighted by molar-refractivity contribution is 0.403. The molecule has 0 atom stereocenters. The Hall–Kier alpha value is -2.73. The van der Waals surface area contributed by atoms with E-state index in [1.807, 2.05) is 18.2 Å². The number of ether oxygens (including phenoxy) is 1. The predicted molar refractivity (Wildman–Crippen MR) is 91.4 cm³/mol. The quantitative estimate of drug-likeness (QED) is 0.714. The minimum Gasteiger partial charge on any atom is -0.495 e. The van der Waals surface area contributed by atoms with Crippen molar-refractivity contribution in [3.05, 3.63) is 72.8 Å². The number of benzene rings is 1. The molecule has 2 heterocycles. The Balaban J connectivity index is 2.05. The van der Waals surface area contributed by atoms with E-state index in [-0.39, 0.29) is 10.6 Å². The fourth-order valence-corrected chi connectivity index (χ4v) is 3.95. The number of nitrogens with zero attached hydrogens (tertiary/aromatic N) is 2. The SMILES string of the molecule is COc1ccc(-c2ccncc2)cc1S(=O)(=O)Cc1cccnc1. The van der Waals surface area contributed by atoms with E-state index in [9.17, 15) is 8.42 Å². The van der Waals surface area contributed by atoms with Gasteiger partial charge in [0.05, 0.1) is 12.9 Å². The smallest absolute Gasteiger partial charge is 0.186 e. The standard InChI is InChI=1S/C18H16N2O3S/c1-23-17-5-4-16(15-6-9-19-10-7-15)11-18(17)24(21,22)13-14-3-2-8-20-12-14/h2-12H,13H2,1H3. The molecule has 0 radical (unpaired) electrons. The maximum Gasteiger partial charge on any atom is 0.186 e. The Bertz CT molecular complexity index is 927. The fraction of sp³-hybridized carbons (Fsp3) is 0.111. The molecule has 0 aliphatic rings. The summed E-state index contributed by atoms with van der Waals surface area (Å²) < 4.78 is 30.9. The van der Waals surface area contributed by atoms with Gasteiger partial charge in [-0.25, -0.2) is 8.42 Å². The van der Waals surface area contributed by atoms with E-state index in [2.05, 4.69) is 9.97 Å². The summed E-state index contributed by atoms with van der Waals surface area (Å²) in [6.07, 6.45) is 6.50. The highest BCUT2D eigenvalue weighted by atomic mass is 32.2. The van der Waals surface area contributed by atoms with E-state index < -0.39 is 9.84 Å². The molecule has 0 aliphatic heterocycles. The van der Waals surface area contributed by atoms with Crippen molar-refractivity contribution < 1.29 is 13.2 Å². The van der Waals surface area contributed by atoms with Crippen LogP contribution in [-0.2, 0) is 15.6 Å². The second-order valence-corrected chi connectivity index (χ2v) is 7.18. The Morgan fingerprint density at radius 1 is 0.958 bits per heavy atom. The Morgan fingerprint density at radius 3 is 2.42 bits per heavy atom. The Labute approximate surface area is 140 Å². The van der Waals surface area contributed by atoms with Crippen molar-refractivity contribution in [3.8, 4) is 16.9 Å². The number of aromatic nitrogens is 2. The van der Waals surface area contributed by atoms with E-state index in [0.717, 1.165) is 11.1 Å². The highest BCUT2D eigenvalue weighted by molar-refractivity contribution is 7.90. The van der Waals surface area contributed by atoms with Crippen molar-refractivity contribution in [1.82, 2.24) is 9.97 Å². The van der Waals surface area contributed by atoms with Gasteiger partial charge in [-0.3, -0.25) is 9.97 Å². The van der Waals surface area contributed by atoms with Gasteiger partial charge in [-0.15, -0.1) is 0 Å². The van der Waals surface area contributed by atoms with Crippen molar-refractivity contribution in [2.75, 3.05) is 7.11 Å². The molecule has 0 saturated heterocycles. The number of rotatable bonds is 5. The molecule has 0 spiro atoms. The van der Waals surface area contributed by atoms with E-state index in [4.69, 9.17) is 4.74 Å². The maximum absolute atomic E-state index is 12.8. The van der Waals surface area contributed by atoms with Crippen LogP contribution in [0.3, 0.4) is 0 Å². The second kappa shape index (κ2) is 6.80. The van der Waals surface area contributed by atoms with Gasteiger partial charge in [-0.1, -0.05) is 12.1 Å². The molecule has 5 nitrogen and oxygen atoms in total. The molecule has 0 N–H and O–H groups in total. The summed E-state index contributed by atoms with van der Waals surface area (Å²) in [6.45, 7) is 0. The maximum atomic E-state index is 12.8. The van der Waals surface area contributed by atoms with Gasteiger partial charge in [0.2, 0.25) is 0 Å². The summed E-state index contributed by atoms with van der Waals surface area (Å²) in [5.41, 5.74) is 2.32. The molecular formula is C18H16N2O3S. The third-order valence-electron chi connectivity index (χ3n) is 3.59. The lowest BCUT2D eigenvalue weighted by Crippen LogP contribution is -2.07. The van der Waals surface area contributed by atoms with Gasteiger partial charge < -0.3 is 4.74 Å². The highest BCUT2D eigenvalue weighted by Gasteiger charge is 2.21. The zero-order chi connectivity index (χ0) is 17.0. The van der Waals surface area contributed by atoms with Crippen LogP contribution in [0, 0.1) is 0 Å². The first kappa shape index (κ1) is 16.1. The van der Waals surface area contributed by atoms with Crippen molar-refractivity contribution >= 4 is 9.84 Å². The zero-order valence-corrected chi connectivity index (χ0v) is 13.9. The molecule has 3 rings (SSSR count). The number of sulfone groups is 1. The van der Waals surface area contributed by atoms with Crippen molar-refractivity contribution in [3.63, 3.8) is 0 Å². The molecule has 3 aromatic rings.